The Labute approximate surface area is 273 Å². The van der Waals surface area contributed by atoms with Crippen LogP contribution in [0, 0.1) is 34.5 Å². The van der Waals surface area contributed by atoms with Crippen LogP contribution in [0.5, 0.6) is 0 Å². The normalized spacial score (nSPS) is 26.4. The Balaban J connectivity index is 1.54. The van der Waals surface area contributed by atoms with Gasteiger partial charge in [0.05, 0.1) is 0 Å². The number of urea groups is 1. The number of ether oxygens (including phenoxy) is 1. The van der Waals surface area contributed by atoms with Gasteiger partial charge < -0.3 is 31.3 Å². The number of nitrogens with two attached hydrogens (primary N) is 1. The van der Waals surface area contributed by atoms with Gasteiger partial charge in [0.2, 0.25) is 17.6 Å². The maximum absolute atomic E-state index is 14.3. The number of Topliss-reactive ketones (excluding diaryl/α,β-unsaturated/α-hetero) is 1. The van der Waals surface area contributed by atoms with E-state index in [4.69, 9.17) is 10.5 Å². The van der Waals surface area contributed by atoms with Crippen molar-refractivity contribution in [1.82, 2.24) is 20.9 Å². The molecular formula is C34H55N5O7. The lowest BCUT2D eigenvalue weighted by atomic mass is 9.78. The Morgan fingerprint density at radius 3 is 1.87 bits per heavy atom. The van der Waals surface area contributed by atoms with E-state index >= 15 is 0 Å². The smallest absolute Gasteiger partial charge is 0.329 e. The summed E-state index contributed by atoms with van der Waals surface area (Å²) in [6.07, 6.45) is 6.86. The van der Waals surface area contributed by atoms with E-state index in [1.54, 1.807) is 20.8 Å². The molecule has 46 heavy (non-hydrogen) atoms. The van der Waals surface area contributed by atoms with Crippen molar-refractivity contribution < 1.29 is 33.5 Å². The van der Waals surface area contributed by atoms with Crippen molar-refractivity contribution in [3.05, 3.63) is 0 Å². The molecule has 4 fully saturated rings. The number of likely N-dealkylation sites (tertiary alicyclic amines) is 1. The van der Waals surface area contributed by atoms with Crippen molar-refractivity contribution in [1.29, 1.82) is 0 Å². The zero-order valence-corrected chi connectivity index (χ0v) is 28.9. The van der Waals surface area contributed by atoms with Crippen molar-refractivity contribution in [2.45, 2.75) is 137 Å². The number of hydrogen-bond donors (Lipinski definition) is 4. The summed E-state index contributed by atoms with van der Waals surface area (Å²) >= 11 is 0. The van der Waals surface area contributed by atoms with Gasteiger partial charge in [-0.1, -0.05) is 60.3 Å². The van der Waals surface area contributed by atoms with Crippen molar-refractivity contribution >= 4 is 35.5 Å². The fourth-order valence-electron chi connectivity index (χ4n) is 7.71. The monoisotopic (exact) mass is 645 g/mol. The Morgan fingerprint density at radius 1 is 0.804 bits per heavy atom. The first-order valence-corrected chi connectivity index (χ1v) is 17.0. The molecule has 0 bridgehead atoms. The number of nitrogens with one attached hydrogen (secondary N) is 3. The summed E-state index contributed by atoms with van der Waals surface area (Å²) < 4.78 is 5.67. The van der Waals surface area contributed by atoms with Crippen LogP contribution < -0.4 is 21.7 Å². The number of carbonyl (C=O) groups excluding carboxylic acids is 6. The van der Waals surface area contributed by atoms with E-state index in [2.05, 4.69) is 29.8 Å². The Kier molecular flexibility index (Phi) is 10.2. The maximum Gasteiger partial charge on any atom is 0.329 e. The van der Waals surface area contributed by atoms with Gasteiger partial charge in [0.25, 0.3) is 5.91 Å². The molecule has 0 aromatic carbocycles. The Bertz CT molecular complexity index is 1230. The standard InChI is InChI=1S/C34H55N5O7/c1-32(2,3)26(38-31(45)37-23(19-13-10-9-11-14-19)30(44)46-33(4,5)6)29(43)39-17-20-21(34(20,7)8)24(39)28(42)36-22(18-15-12-16-18)25(40)27(35)41/h18-24,26H,9-17H2,1-8H3,(H2,35,41)(H,36,42)(H2,37,38,45)/t20-,21-,22?,23+,24-,26+/m0/s1. The number of primary amides is 1. The second kappa shape index (κ2) is 13.1. The molecule has 258 valence electrons. The fourth-order valence-corrected chi connectivity index (χ4v) is 7.71. The van der Waals surface area contributed by atoms with Crippen LogP contribution in [0.1, 0.15) is 107 Å². The van der Waals surface area contributed by atoms with Crippen LogP contribution in [0.15, 0.2) is 0 Å². The molecule has 3 aliphatic carbocycles. The third-order valence-corrected chi connectivity index (χ3v) is 10.7. The quantitative estimate of drug-likeness (QED) is 0.209. The van der Waals surface area contributed by atoms with E-state index < -0.39 is 70.7 Å². The van der Waals surface area contributed by atoms with E-state index in [0.717, 1.165) is 38.5 Å². The van der Waals surface area contributed by atoms with E-state index in [0.29, 0.717) is 19.4 Å². The number of ketones is 1. The average molecular weight is 646 g/mol. The van der Waals surface area contributed by atoms with Gasteiger partial charge >= 0.3 is 12.0 Å². The molecule has 1 saturated heterocycles. The van der Waals surface area contributed by atoms with Gasteiger partial charge in [-0.05, 0) is 81.0 Å². The Hall–Kier alpha value is -3.18. The molecule has 12 nitrogen and oxygen atoms in total. The fraction of sp³-hybridized carbons (Fsp3) is 0.824. The highest BCUT2D eigenvalue weighted by atomic mass is 16.6. The summed E-state index contributed by atoms with van der Waals surface area (Å²) in [7, 11) is 0. The minimum atomic E-state index is -1.10. The van der Waals surface area contributed by atoms with Crippen molar-refractivity contribution in [2.75, 3.05) is 6.54 Å². The molecule has 3 saturated carbocycles. The van der Waals surface area contributed by atoms with E-state index in [1.807, 2.05) is 20.8 Å². The molecule has 1 aliphatic heterocycles. The molecule has 1 unspecified atom stereocenters. The van der Waals surface area contributed by atoms with E-state index in [9.17, 15) is 28.8 Å². The second-order valence-corrected chi connectivity index (χ2v) is 16.6. The van der Waals surface area contributed by atoms with Gasteiger partial charge in [0, 0.05) is 6.54 Å². The van der Waals surface area contributed by atoms with Crippen molar-refractivity contribution in [3.8, 4) is 0 Å². The molecular weight excluding hydrogens is 590 g/mol. The van der Waals surface area contributed by atoms with Gasteiger partial charge in [-0.2, -0.15) is 0 Å². The lowest BCUT2D eigenvalue weighted by molar-refractivity contribution is -0.159. The third-order valence-electron chi connectivity index (χ3n) is 10.7. The highest BCUT2D eigenvalue weighted by molar-refractivity contribution is 6.38. The van der Waals surface area contributed by atoms with Crippen LogP contribution in [0.3, 0.4) is 0 Å². The lowest BCUT2D eigenvalue weighted by Gasteiger charge is -2.39. The van der Waals surface area contributed by atoms with E-state index in [-0.39, 0.29) is 29.1 Å². The summed E-state index contributed by atoms with van der Waals surface area (Å²) in [5, 5.41) is 8.48. The number of fused-ring (bicyclic) bond motifs is 1. The van der Waals surface area contributed by atoms with Crippen LogP contribution >= 0.6 is 0 Å². The summed E-state index contributed by atoms with van der Waals surface area (Å²) in [4.78, 5) is 81.1. The van der Waals surface area contributed by atoms with Crippen LogP contribution in [0.4, 0.5) is 4.79 Å². The van der Waals surface area contributed by atoms with Crippen LogP contribution in [-0.4, -0.2) is 76.7 Å². The number of carbonyl (C=O) groups is 6. The zero-order chi connectivity index (χ0) is 34.4. The number of piperidine rings is 1. The first kappa shape index (κ1) is 35.7. The first-order chi connectivity index (χ1) is 21.2. The molecule has 0 spiro atoms. The third kappa shape index (κ3) is 7.68. The van der Waals surface area contributed by atoms with Gasteiger partial charge in [-0.3, -0.25) is 19.2 Å². The molecule has 0 aromatic heterocycles. The summed E-state index contributed by atoms with van der Waals surface area (Å²) in [6, 6.07) is -4.44. The highest BCUT2D eigenvalue weighted by Gasteiger charge is 2.70. The molecule has 5 N–H and O–H groups in total. The molecule has 4 rings (SSSR count). The highest BCUT2D eigenvalue weighted by Crippen LogP contribution is 2.65. The van der Waals surface area contributed by atoms with Gasteiger partial charge in [0.15, 0.2) is 0 Å². The summed E-state index contributed by atoms with van der Waals surface area (Å²) in [5.74, 6) is -3.66. The van der Waals surface area contributed by atoms with E-state index in [1.165, 1.54) is 4.90 Å². The van der Waals surface area contributed by atoms with Crippen LogP contribution in [0.25, 0.3) is 0 Å². The molecule has 0 radical (unpaired) electrons. The minimum absolute atomic E-state index is 0.0680. The van der Waals surface area contributed by atoms with Gasteiger partial charge in [-0.25, -0.2) is 9.59 Å². The molecule has 1 heterocycles. The largest absolute Gasteiger partial charge is 0.458 e. The molecule has 5 amide bonds. The van der Waals surface area contributed by atoms with Crippen LogP contribution in [0.2, 0.25) is 0 Å². The average Bonchev–Trinajstić information content (AvgIpc) is 3.24. The number of hydrogen-bond acceptors (Lipinski definition) is 7. The summed E-state index contributed by atoms with van der Waals surface area (Å²) in [5.41, 5.74) is 3.65. The molecule has 4 aliphatic rings. The zero-order valence-electron chi connectivity index (χ0n) is 28.9. The first-order valence-electron chi connectivity index (χ1n) is 17.0. The summed E-state index contributed by atoms with van der Waals surface area (Å²) in [6.45, 7) is 15.3. The maximum atomic E-state index is 14.3. The van der Waals surface area contributed by atoms with Crippen LogP contribution in [-0.2, 0) is 28.7 Å². The Morgan fingerprint density at radius 2 is 1.37 bits per heavy atom. The number of nitrogens with zero attached hydrogens (tertiary/aromatic N) is 1. The lowest BCUT2D eigenvalue weighted by Crippen LogP contribution is -2.63. The number of amides is 5. The molecule has 6 atom stereocenters. The van der Waals surface area contributed by atoms with Crippen molar-refractivity contribution in [2.24, 2.45) is 40.2 Å². The topological polar surface area (TPSA) is 177 Å². The number of esters is 1. The molecule has 0 aromatic rings. The van der Waals surface area contributed by atoms with Gasteiger partial charge in [0.1, 0.15) is 29.8 Å². The van der Waals surface area contributed by atoms with Crippen molar-refractivity contribution in [3.63, 3.8) is 0 Å². The molecule has 12 heteroatoms. The number of rotatable bonds is 10. The van der Waals surface area contributed by atoms with Gasteiger partial charge in [-0.15, -0.1) is 0 Å². The second-order valence-electron chi connectivity index (χ2n) is 16.6. The minimum Gasteiger partial charge on any atom is -0.458 e. The predicted octanol–water partition coefficient (Wildman–Crippen LogP) is 2.81. The predicted molar refractivity (Wildman–Crippen MR) is 171 cm³/mol. The SMILES string of the molecule is CC(C)(C)OC(=O)[C@H](NC(=O)N[C@H](C(=O)N1C[C@H]2[C@@H]([C@H]1C(=O)NC(C(=O)C(N)=O)C1CCC1)C2(C)C)C(C)(C)C)C1CCCCC1.